The smallest absolute Gasteiger partial charge is 0.233 e. The van der Waals surface area contributed by atoms with Crippen molar-refractivity contribution in [2.45, 2.75) is 31.8 Å². The molecule has 2 heterocycles. The Labute approximate surface area is 120 Å². The first-order valence-electron chi connectivity index (χ1n) is 7.26. The lowest BCUT2D eigenvalue weighted by molar-refractivity contribution is -0.122. The standard InChI is InChI=1S/C14H25N5O/c1-11(14-16-6-9-18(14)3)17-12-4-7-19(8-5-12)10-13(20)15-2/h6,9,11-12,17H,4-5,7-8,10H2,1-3H3,(H,15,20). The maximum Gasteiger partial charge on any atom is 0.233 e. The van der Waals surface area contributed by atoms with Crippen LogP contribution in [0.2, 0.25) is 0 Å². The molecule has 6 heteroatoms. The molecule has 20 heavy (non-hydrogen) atoms. The second kappa shape index (κ2) is 6.85. The lowest BCUT2D eigenvalue weighted by Gasteiger charge is -2.33. The number of nitrogens with zero attached hydrogens (tertiary/aromatic N) is 3. The van der Waals surface area contributed by atoms with Gasteiger partial charge in [-0.1, -0.05) is 0 Å². The molecule has 6 nitrogen and oxygen atoms in total. The molecule has 0 aromatic carbocycles. The van der Waals surface area contributed by atoms with Crippen LogP contribution >= 0.6 is 0 Å². The maximum atomic E-state index is 11.4. The van der Waals surface area contributed by atoms with Gasteiger partial charge in [0.05, 0.1) is 12.6 Å². The molecule has 0 radical (unpaired) electrons. The Morgan fingerprint density at radius 3 is 2.75 bits per heavy atom. The summed E-state index contributed by atoms with van der Waals surface area (Å²) in [4.78, 5) is 17.9. The molecule has 0 bridgehead atoms. The van der Waals surface area contributed by atoms with Crippen molar-refractivity contribution in [1.82, 2.24) is 25.1 Å². The van der Waals surface area contributed by atoms with E-state index in [4.69, 9.17) is 0 Å². The summed E-state index contributed by atoms with van der Waals surface area (Å²) in [6.07, 6.45) is 5.95. The van der Waals surface area contributed by atoms with Crippen molar-refractivity contribution < 1.29 is 4.79 Å². The van der Waals surface area contributed by atoms with Crippen LogP contribution in [0.15, 0.2) is 12.4 Å². The fourth-order valence-electron chi connectivity index (χ4n) is 2.76. The van der Waals surface area contributed by atoms with Gasteiger partial charge >= 0.3 is 0 Å². The summed E-state index contributed by atoms with van der Waals surface area (Å²) in [5, 5.41) is 6.31. The largest absolute Gasteiger partial charge is 0.358 e. The predicted octanol–water partition coefficient (Wildman–Crippen LogP) is 0.281. The molecule has 1 aromatic heterocycles. The van der Waals surface area contributed by atoms with Crippen molar-refractivity contribution in [1.29, 1.82) is 0 Å². The minimum Gasteiger partial charge on any atom is -0.358 e. The van der Waals surface area contributed by atoms with Crippen LogP contribution < -0.4 is 10.6 Å². The van der Waals surface area contributed by atoms with Gasteiger partial charge in [-0.25, -0.2) is 4.98 Å². The van der Waals surface area contributed by atoms with Gasteiger partial charge in [-0.05, 0) is 19.8 Å². The number of likely N-dealkylation sites (tertiary alicyclic amines) is 1. The number of aryl methyl sites for hydroxylation is 1. The van der Waals surface area contributed by atoms with Gasteiger partial charge in [0.1, 0.15) is 5.82 Å². The number of carbonyl (C=O) groups is 1. The number of hydrogen-bond acceptors (Lipinski definition) is 4. The fraction of sp³-hybridized carbons (Fsp3) is 0.714. The first kappa shape index (κ1) is 15.0. The maximum absolute atomic E-state index is 11.4. The van der Waals surface area contributed by atoms with Crippen LogP contribution in [0.3, 0.4) is 0 Å². The first-order valence-corrected chi connectivity index (χ1v) is 7.26. The van der Waals surface area contributed by atoms with E-state index in [-0.39, 0.29) is 11.9 Å². The number of rotatable bonds is 5. The van der Waals surface area contributed by atoms with Crippen molar-refractivity contribution in [3.63, 3.8) is 0 Å². The summed E-state index contributed by atoms with van der Waals surface area (Å²) in [6.45, 7) is 4.61. The highest BCUT2D eigenvalue weighted by Gasteiger charge is 2.22. The lowest BCUT2D eigenvalue weighted by Crippen LogP contribution is -2.46. The van der Waals surface area contributed by atoms with Crippen LogP contribution in [0.1, 0.15) is 31.6 Å². The number of imidazole rings is 1. The molecule has 112 valence electrons. The molecule has 1 aliphatic heterocycles. The quantitative estimate of drug-likeness (QED) is 0.813. The van der Waals surface area contributed by atoms with E-state index < -0.39 is 0 Å². The van der Waals surface area contributed by atoms with Gasteiger partial charge < -0.3 is 15.2 Å². The summed E-state index contributed by atoms with van der Waals surface area (Å²) in [5.41, 5.74) is 0. The molecule has 0 aliphatic carbocycles. The monoisotopic (exact) mass is 279 g/mol. The molecule has 1 aromatic rings. The number of amides is 1. The number of nitrogens with one attached hydrogen (secondary N) is 2. The zero-order chi connectivity index (χ0) is 14.5. The third kappa shape index (κ3) is 3.80. The average Bonchev–Trinajstić information content (AvgIpc) is 2.87. The highest BCUT2D eigenvalue weighted by Crippen LogP contribution is 2.15. The van der Waals surface area contributed by atoms with Crippen molar-refractivity contribution >= 4 is 5.91 Å². The summed E-state index contributed by atoms with van der Waals surface area (Å²) < 4.78 is 2.05. The van der Waals surface area contributed by atoms with Crippen LogP contribution in [0.4, 0.5) is 0 Å². The van der Waals surface area contributed by atoms with Crippen molar-refractivity contribution in [3.05, 3.63) is 18.2 Å². The van der Waals surface area contributed by atoms with E-state index in [1.165, 1.54) is 0 Å². The summed E-state index contributed by atoms with van der Waals surface area (Å²) in [7, 11) is 3.71. The predicted molar refractivity (Wildman–Crippen MR) is 78.3 cm³/mol. The highest BCUT2D eigenvalue weighted by molar-refractivity contribution is 5.77. The van der Waals surface area contributed by atoms with Crippen molar-refractivity contribution in [2.75, 3.05) is 26.7 Å². The van der Waals surface area contributed by atoms with E-state index in [0.717, 1.165) is 31.8 Å². The number of likely N-dealkylation sites (N-methyl/N-ethyl adjacent to an activating group) is 1. The van der Waals surface area contributed by atoms with Gasteiger partial charge in [0.15, 0.2) is 0 Å². The van der Waals surface area contributed by atoms with Crippen LogP contribution in [-0.2, 0) is 11.8 Å². The Morgan fingerprint density at radius 1 is 1.50 bits per heavy atom. The topological polar surface area (TPSA) is 62.2 Å². The Hall–Kier alpha value is -1.40. The van der Waals surface area contributed by atoms with Gasteiger partial charge in [-0.2, -0.15) is 0 Å². The zero-order valence-corrected chi connectivity index (χ0v) is 12.6. The second-order valence-electron chi connectivity index (χ2n) is 5.51. The van der Waals surface area contributed by atoms with Gasteiger partial charge in [0.2, 0.25) is 5.91 Å². The molecule has 0 spiro atoms. The molecule has 1 saturated heterocycles. The minimum absolute atomic E-state index is 0.0952. The lowest BCUT2D eigenvalue weighted by atomic mass is 10.0. The molecular weight excluding hydrogens is 254 g/mol. The SMILES string of the molecule is CNC(=O)CN1CCC(NC(C)c2nccn2C)CC1. The molecular formula is C14H25N5O. The fourth-order valence-corrected chi connectivity index (χ4v) is 2.76. The van der Waals surface area contributed by atoms with Gasteiger partial charge in [0, 0.05) is 45.6 Å². The molecule has 1 amide bonds. The van der Waals surface area contributed by atoms with E-state index in [9.17, 15) is 4.79 Å². The van der Waals surface area contributed by atoms with Crippen LogP contribution in [0.25, 0.3) is 0 Å². The zero-order valence-electron chi connectivity index (χ0n) is 12.6. The van der Waals surface area contributed by atoms with Gasteiger partial charge in [-0.15, -0.1) is 0 Å². The number of piperidine rings is 1. The molecule has 1 atom stereocenters. The summed E-state index contributed by atoms with van der Waals surface area (Å²) in [6, 6.07) is 0.758. The van der Waals surface area contributed by atoms with Gasteiger partial charge in [-0.3, -0.25) is 9.69 Å². The van der Waals surface area contributed by atoms with E-state index in [0.29, 0.717) is 12.6 Å². The second-order valence-corrected chi connectivity index (χ2v) is 5.51. The normalized spacial score (nSPS) is 18.9. The van der Waals surface area contributed by atoms with Crippen molar-refractivity contribution in [3.8, 4) is 0 Å². The van der Waals surface area contributed by atoms with E-state index >= 15 is 0 Å². The van der Waals surface area contributed by atoms with Crippen LogP contribution in [0, 0.1) is 0 Å². The third-order valence-electron chi connectivity index (χ3n) is 3.97. The van der Waals surface area contributed by atoms with E-state index in [1.54, 1.807) is 7.05 Å². The Bertz CT molecular complexity index is 437. The van der Waals surface area contributed by atoms with E-state index in [1.807, 2.05) is 19.4 Å². The van der Waals surface area contributed by atoms with E-state index in [2.05, 4.69) is 32.0 Å². The third-order valence-corrected chi connectivity index (χ3v) is 3.97. The number of aromatic nitrogens is 2. The summed E-state index contributed by atoms with van der Waals surface area (Å²) in [5.74, 6) is 1.16. The average molecular weight is 279 g/mol. The molecule has 0 saturated carbocycles. The first-order chi connectivity index (χ1) is 9.60. The summed E-state index contributed by atoms with van der Waals surface area (Å²) >= 11 is 0. The van der Waals surface area contributed by atoms with Crippen molar-refractivity contribution in [2.24, 2.45) is 7.05 Å². The highest BCUT2D eigenvalue weighted by atomic mass is 16.1. The Kier molecular flexibility index (Phi) is 5.14. The molecule has 1 unspecified atom stereocenters. The molecule has 1 aliphatic rings. The molecule has 2 rings (SSSR count). The minimum atomic E-state index is 0.0952. The molecule has 1 fully saturated rings. The molecule has 2 N–H and O–H groups in total. The Morgan fingerprint density at radius 2 is 2.20 bits per heavy atom. The van der Waals surface area contributed by atoms with Crippen LogP contribution in [-0.4, -0.2) is 53.1 Å². The Balaban J connectivity index is 1.77. The number of carbonyl (C=O) groups excluding carboxylic acids is 1. The number of hydrogen-bond donors (Lipinski definition) is 2. The van der Waals surface area contributed by atoms with Gasteiger partial charge in [0.25, 0.3) is 0 Å². The van der Waals surface area contributed by atoms with Crippen LogP contribution in [0.5, 0.6) is 0 Å².